The normalized spacial score (nSPS) is 10.4. The van der Waals surface area contributed by atoms with Gasteiger partial charge in [-0.25, -0.2) is 0 Å². The molecule has 2 aromatic carbocycles. The maximum absolute atomic E-state index is 11.9. The molecule has 0 bridgehead atoms. The zero-order valence-corrected chi connectivity index (χ0v) is 12.6. The van der Waals surface area contributed by atoms with Crippen molar-refractivity contribution in [2.24, 2.45) is 0 Å². The summed E-state index contributed by atoms with van der Waals surface area (Å²) in [5.41, 5.74) is 7.31. The van der Waals surface area contributed by atoms with Crippen LogP contribution in [0.2, 0.25) is 10.0 Å². The number of aromatic hydroxyl groups is 1. The minimum Gasteiger partial charge on any atom is -0.506 e. The van der Waals surface area contributed by atoms with Gasteiger partial charge in [0.05, 0.1) is 16.4 Å². The van der Waals surface area contributed by atoms with E-state index in [0.717, 1.165) is 5.56 Å². The van der Waals surface area contributed by atoms with E-state index in [0.29, 0.717) is 27.8 Å². The van der Waals surface area contributed by atoms with Crippen LogP contribution in [0.5, 0.6) is 5.75 Å². The second-order valence-electron chi connectivity index (χ2n) is 4.57. The molecule has 0 aromatic heterocycles. The lowest BCUT2D eigenvalue weighted by Gasteiger charge is -2.08. The van der Waals surface area contributed by atoms with Crippen molar-refractivity contribution in [1.29, 1.82) is 0 Å². The number of amides is 1. The van der Waals surface area contributed by atoms with Gasteiger partial charge in [-0.15, -0.1) is 0 Å². The number of nitrogens with one attached hydrogen (secondary N) is 1. The average molecular weight is 325 g/mol. The molecular formula is C15H14Cl2N2O2. The molecule has 0 aliphatic rings. The number of hydrogen-bond acceptors (Lipinski definition) is 3. The Hall–Kier alpha value is -1.91. The molecular weight excluding hydrogens is 311 g/mol. The highest BCUT2D eigenvalue weighted by Crippen LogP contribution is 2.26. The third kappa shape index (κ3) is 4.28. The number of rotatable bonds is 4. The molecule has 1 amide bonds. The second-order valence-corrected chi connectivity index (χ2v) is 5.41. The molecule has 0 spiro atoms. The summed E-state index contributed by atoms with van der Waals surface area (Å²) in [5, 5.41) is 13.0. The van der Waals surface area contributed by atoms with Gasteiger partial charge < -0.3 is 16.2 Å². The van der Waals surface area contributed by atoms with E-state index in [-0.39, 0.29) is 18.1 Å². The summed E-state index contributed by atoms with van der Waals surface area (Å²) >= 11 is 11.8. The molecule has 0 fully saturated rings. The molecule has 2 rings (SSSR count). The van der Waals surface area contributed by atoms with Crippen molar-refractivity contribution in [3.63, 3.8) is 0 Å². The SMILES string of the molecule is Nc1cc(CCC(=O)Nc2ccc(Cl)cc2Cl)ccc1O. The number of hydrogen-bond donors (Lipinski definition) is 3. The van der Waals surface area contributed by atoms with E-state index < -0.39 is 0 Å². The molecule has 2 aromatic rings. The molecule has 4 nitrogen and oxygen atoms in total. The molecule has 6 heteroatoms. The summed E-state index contributed by atoms with van der Waals surface area (Å²) in [5.74, 6) is -0.123. The third-order valence-electron chi connectivity index (χ3n) is 2.94. The second kappa shape index (κ2) is 6.70. The highest BCUT2D eigenvalue weighted by molar-refractivity contribution is 6.36. The Bertz CT molecular complexity index is 675. The van der Waals surface area contributed by atoms with Crippen molar-refractivity contribution in [1.82, 2.24) is 0 Å². The van der Waals surface area contributed by atoms with E-state index >= 15 is 0 Å². The molecule has 0 aliphatic carbocycles. The minimum absolute atomic E-state index is 0.0381. The van der Waals surface area contributed by atoms with Crippen LogP contribution in [0.15, 0.2) is 36.4 Å². The van der Waals surface area contributed by atoms with E-state index in [1.165, 1.54) is 6.07 Å². The van der Waals surface area contributed by atoms with Crippen molar-refractivity contribution in [3.8, 4) is 5.75 Å². The summed E-state index contributed by atoms with van der Waals surface area (Å²) < 4.78 is 0. The number of phenols is 1. The molecule has 0 saturated carbocycles. The lowest BCUT2D eigenvalue weighted by atomic mass is 10.1. The van der Waals surface area contributed by atoms with Gasteiger partial charge in [-0.3, -0.25) is 4.79 Å². The number of nitrogen functional groups attached to an aromatic ring is 1. The number of phenolic OH excluding ortho intramolecular Hbond substituents is 1. The summed E-state index contributed by atoms with van der Waals surface area (Å²) in [6.07, 6.45) is 0.796. The van der Waals surface area contributed by atoms with E-state index in [1.54, 1.807) is 30.3 Å². The maximum atomic E-state index is 11.9. The molecule has 0 aliphatic heterocycles. The molecule has 0 heterocycles. The molecule has 0 radical (unpaired) electrons. The van der Waals surface area contributed by atoms with Gasteiger partial charge in [0.2, 0.25) is 5.91 Å². The number of aryl methyl sites for hydroxylation is 1. The van der Waals surface area contributed by atoms with Crippen LogP contribution >= 0.6 is 23.2 Å². The van der Waals surface area contributed by atoms with Gasteiger partial charge in [0, 0.05) is 11.4 Å². The average Bonchev–Trinajstić information content (AvgIpc) is 2.43. The Morgan fingerprint density at radius 2 is 1.95 bits per heavy atom. The quantitative estimate of drug-likeness (QED) is 0.590. The molecule has 0 unspecified atom stereocenters. The van der Waals surface area contributed by atoms with Crippen LogP contribution < -0.4 is 11.1 Å². The fraction of sp³-hybridized carbons (Fsp3) is 0.133. The van der Waals surface area contributed by atoms with E-state index in [9.17, 15) is 9.90 Å². The third-order valence-corrected chi connectivity index (χ3v) is 3.49. The highest BCUT2D eigenvalue weighted by atomic mass is 35.5. The van der Waals surface area contributed by atoms with Gasteiger partial charge >= 0.3 is 0 Å². The van der Waals surface area contributed by atoms with Crippen LogP contribution in [0.1, 0.15) is 12.0 Å². The Kier molecular flexibility index (Phi) is 4.94. The van der Waals surface area contributed by atoms with Crippen molar-refractivity contribution in [3.05, 3.63) is 52.0 Å². The number of carbonyl (C=O) groups is 1. The van der Waals surface area contributed by atoms with Gasteiger partial charge in [-0.05, 0) is 42.3 Å². The van der Waals surface area contributed by atoms with E-state index in [1.807, 2.05) is 0 Å². The number of nitrogens with two attached hydrogens (primary N) is 1. The summed E-state index contributed by atoms with van der Waals surface area (Å²) in [6.45, 7) is 0. The van der Waals surface area contributed by atoms with Gasteiger partial charge in [-0.2, -0.15) is 0 Å². The van der Waals surface area contributed by atoms with Crippen LogP contribution in [-0.2, 0) is 11.2 Å². The largest absolute Gasteiger partial charge is 0.506 e. The van der Waals surface area contributed by atoms with E-state index in [2.05, 4.69) is 5.32 Å². The fourth-order valence-corrected chi connectivity index (χ4v) is 2.28. The number of carbonyl (C=O) groups excluding carboxylic acids is 1. The van der Waals surface area contributed by atoms with Crippen LogP contribution in [-0.4, -0.2) is 11.0 Å². The van der Waals surface area contributed by atoms with Gasteiger partial charge in [-0.1, -0.05) is 29.3 Å². The van der Waals surface area contributed by atoms with Crippen LogP contribution in [0.4, 0.5) is 11.4 Å². The lowest BCUT2D eigenvalue weighted by molar-refractivity contribution is -0.116. The lowest BCUT2D eigenvalue weighted by Crippen LogP contribution is -2.12. The van der Waals surface area contributed by atoms with Crippen LogP contribution in [0.25, 0.3) is 0 Å². The van der Waals surface area contributed by atoms with E-state index in [4.69, 9.17) is 28.9 Å². The number of anilines is 2. The summed E-state index contributed by atoms with van der Waals surface area (Å²) in [6, 6.07) is 9.77. The van der Waals surface area contributed by atoms with Gasteiger partial charge in [0.15, 0.2) is 0 Å². The van der Waals surface area contributed by atoms with Crippen molar-refractivity contribution < 1.29 is 9.90 Å². The standard InChI is InChI=1S/C15H14Cl2N2O2/c16-10-3-4-13(11(17)8-10)19-15(21)6-2-9-1-5-14(20)12(18)7-9/h1,3-5,7-8,20H,2,6,18H2,(H,19,21). The zero-order valence-electron chi connectivity index (χ0n) is 11.1. The van der Waals surface area contributed by atoms with Gasteiger partial charge in [0.25, 0.3) is 0 Å². The molecule has 4 N–H and O–H groups in total. The Morgan fingerprint density at radius 1 is 1.19 bits per heavy atom. The van der Waals surface area contributed by atoms with Crippen LogP contribution in [0.3, 0.4) is 0 Å². The number of benzene rings is 2. The first-order valence-electron chi connectivity index (χ1n) is 6.28. The topological polar surface area (TPSA) is 75.4 Å². The fourth-order valence-electron chi connectivity index (χ4n) is 1.82. The Balaban J connectivity index is 1.94. The first kappa shape index (κ1) is 15.5. The molecule has 21 heavy (non-hydrogen) atoms. The zero-order chi connectivity index (χ0) is 15.4. The first-order chi connectivity index (χ1) is 9.95. The highest BCUT2D eigenvalue weighted by Gasteiger charge is 2.07. The van der Waals surface area contributed by atoms with Crippen molar-refractivity contribution in [2.75, 3.05) is 11.1 Å². The predicted octanol–water partition coefficient (Wildman–Crippen LogP) is 3.85. The molecule has 0 saturated heterocycles. The van der Waals surface area contributed by atoms with Crippen molar-refractivity contribution >= 4 is 40.5 Å². The Morgan fingerprint density at radius 3 is 2.62 bits per heavy atom. The monoisotopic (exact) mass is 324 g/mol. The number of halogens is 2. The Labute approximate surface area is 132 Å². The minimum atomic E-state index is -0.161. The van der Waals surface area contributed by atoms with Crippen molar-refractivity contribution in [2.45, 2.75) is 12.8 Å². The predicted molar refractivity (Wildman–Crippen MR) is 85.9 cm³/mol. The summed E-state index contributed by atoms with van der Waals surface area (Å²) in [7, 11) is 0. The summed E-state index contributed by atoms with van der Waals surface area (Å²) in [4.78, 5) is 11.9. The molecule has 0 atom stereocenters. The van der Waals surface area contributed by atoms with Crippen LogP contribution in [0, 0.1) is 0 Å². The van der Waals surface area contributed by atoms with Gasteiger partial charge in [0.1, 0.15) is 5.75 Å². The smallest absolute Gasteiger partial charge is 0.224 e. The maximum Gasteiger partial charge on any atom is 0.224 e. The first-order valence-corrected chi connectivity index (χ1v) is 7.03. The molecule has 110 valence electrons.